The van der Waals surface area contributed by atoms with Crippen LogP contribution in [0.15, 0.2) is 54.6 Å². The molecule has 0 heterocycles. The van der Waals surface area contributed by atoms with Gasteiger partial charge in [-0.1, -0.05) is 42.5 Å². The Morgan fingerprint density at radius 1 is 1.04 bits per heavy atom. The van der Waals surface area contributed by atoms with E-state index in [1.807, 2.05) is 42.5 Å². The second-order valence-corrected chi connectivity index (χ2v) is 5.87. The highest BCUT2D eigenvalue weighted by molar-refractivity contribution is 7.79. The molecule has 24 heavy (non-hydrogen) atoms. The second-order valence-electron chi connectivity index (χ2n) is 4.92. The fourth-order valence-corrected chi connectivity index (χ4v) is 2.38. The average Bonchev–Trinajstić information content (AvgIpc) is 2.55. The van der Waals surface area contributed by atoms with Crippen LogP contribution in [0.2, 0.25) is 0 Å². The van der Waals surface area contributed by atoms with E-state index in [9.17, 15) is 9.00 Å². The van der Waals surface area contributed by atoms with Gasteiger partial charge in [-0.3, -0.25) is 0 Å². The molecule has 128 valence electrons. The zero-order valence-corrected chi connectivity index (χ0v) is 14.3. The summed E-state index contributed by atoms with van der Waals surface area (Å²) >= 11 is -1.41. The fraction of sp³-hybridized carbons (Fsp3) is 0.235. The summed E-state index contributed by atoms with van der Waals surface area (Å²) < 4.78 is 25.7. The Kier molecular flexibility index (Phi) is 6.92. The summed E-state index contributed by atoms with van der Waals surface area (Å²) in [7, 11) is 1.60. The molecule has 2 rings (SSSR count). The van der Waals surface area contributed by atoms with Crippen LogP contribution in [0.25, 0.3) is 11.1 Å². The predicted octanol–water partition coefficient (Wildman–Crippen LogP) is 3.03. The van der Waals surface area contributed by atoms with Crippen LogP contribution in [-0.2, 0) is 20.1 Å². The van der Waals surface area contributed by atoms with Crippen molar-refractivity contribution in [2.45, 2.75) is 0 Å². The first kappa shape index (κ1) is 18.1. The minimum atomic E-state index is -1.41. The molecule has 0 aromatic heterocycles. The van der Waals surface area contributed by atoms with E-state index in [2.05, 4.69) is 0 Å². The smallest absolute Gasteiger partial charge is 0.433 e. The van der Waals surface area contributed by atoms with Gasteiger partial charge < -0.3 is 9.47 Å². The third-order valence-corrected chi connectivity index (χ3v) is 3.49. The molecule has 2 aromatic carbocycles. The monoisotopic (exact) mass is 349 g/mol. The molecule has 0 saturated carbocycles. The summed E-state index contributed by atoms with van der Waals surface area (Å²) in [5.41, 5.74) is 2.12. The summed E-state index contributed by atoms with van der Waals surface area (Å²) in [6.07, 6.45) is 0.610. The van der Waals surface area contributed by atoms with E-state index in [4.69, 9.17) is 13.8 Å². The van der Waals surface area contributed by atoms with Crippen molar-refractivity contribution in [2.75, 3.05) is 26.5 Å². The lowest BCUT2D eigenvalue weighted by atomic mass is 10.1. The summed E-state index contributed by atoms with van der Waals surface area (Å²) in [5.74, 6) is 0.402. The van der Waals surface area contributed by atoms with Crippen molar-refractivity contribution in [1.29, 1.82) is 0 Å². The van der Waals surface area contributed by atoms with Crippen molar-refractivity contribution in [3.63, 3.8) is 0 Å². The summed E-state index contributed by atoms with van der Waals surface area (Å²) in [4.78, 5) is 11.6. The van der Waals surface area contributed by atoms with Crippen LogP contribution in [0.1, 0.15) is 0 Å². The Bertz CT molecular complexity index is 675. The molecule has 1 unspecified atom stereocenters. The van der Waals surface area contributed by atoms with Gasteiger partial charge >= 0.3 is 6.16 Å². The molecule has 0 saturated heterocycles. The van der Waals surface area contributed by atoms with E-state index in [-0.39, 0.29) is 13.2 Å². The molecule has 0 amide bonds. The molecule has 0 bridgehead atoms. The van der Waals surface area contributed by atoms with Gasteiger partial charge in [-0.05, 0) is 23.3 Å². The second kappa shape index (κ2) is 9.17. The zero-order valence-electron chi connectivity index (χ0n) is 13.5. The lowest BCUT2D eigenvalue weighted by Crippen LogP contribution is -2.26. The Morgan fingerprint density at radius 3 is 2.29 bits per heavy atom. The van der Waals surface area contributed by atoms with E-state index in [0.717, 1.165) is 11.1 Å². The third-order valence-electron chi connectivity index (χ3n) is 3.02. The zero-order chi connectivity index (χ0) is 17.4. The highest BCUT2D eigenvalue weighted by Crippen LogP contribution is 2.22. The fourth-order valence-electron chi connectivity index (χ4n) is 1.95. The van der Waals surface area contributed by atoms with Crippen molar-refractivity contribution < 1.29 is 22.8 Å². The quantitative estimate of drug-likeness (QED) is 0.435. The van der Waals surface area contributed by atoms with Gasteiger partial charge in [0, 0.05) is 13.3 Å². The summed E-state index contributed by atoms with van der Waals surface area (Å²) in [6.45, 7) is 0.344. The van der Waals surface area contributed by atoms with E-state index in [1.54, 1.807) is 19.2 Å². The van der Waals surface area contributed by atoms with Crippen molar-refractivity contribution in [3.05, 3.63) is 54.6 Å². The Hall–Kier alpha value is -2.22. The van der Waals surface area contributed by atoms with Gasteiger partial charge in [0.1, 0.15) is 12.4 Å². The molecule has 2 aromatic rings. The minimum absolute atomic E-state index is 0.0641. The molecular formula is C17H19NO5S. The van der Waals surface area contributed by atoms with Crippen LogP contribution in [0.5, 0.6) is 5.75 Å². The number of benzene rings is 2. The molecule has 7 heteroatoms. The summed E-state index contributed by atoms with van der Waals surface area (Å²) in [6, 6.07) is 17.1. The molecule has 0 aliphatic rings. The van der Waals surface area contributed by atoms with E-state index in [1.165, 1.54) is 11.3 Å². The maximum atomic E-state index is 11.6. The van der Waals surface area contributed by atoms with Crippen molar-refractivity contribution in [3.8, 4) is 16.9 Å². The van der Waals surface area contributed by atoms with E-state index < -0.39 is 17.2 Å². The first-order valence-corrected chi connectivity index (χ1v) is 8.76. The first-order chi connectivity index (χ1) is 11.5. The molecule has 0 fully saturated rings. The lowest BCUT2D eigenvalue weighted by Gasteiger charge is -2.13. The molecule has 0 aliphatic heterocycles. The number of hydrogen-bond acceptors (Lipinski definition) is 6. The van der Waals surface area contributed by atoms with Gasteiger partial charge in [0.15, 0.2) is 11.1 Å². The number of rotatable bonds is 7. The number of hydrogen-bond donors (Lipinski definition) is 0. The molecule has 0 radical (unpaired) electrons. The van der Waals surface area contributed by atoms with Crippen LogP contribution in [0.3, 0.4) is 0 Å². The molecular weight excluding hydrogens is 330 g/mol. The standard InChI is InChI=1S/C17H19NO5S/c1-18(23-24(2)20)12-13-21-17(19)22-16-10-8-15(9-11-16)14-6-4-3-5-7-14/h3-11H,12-13H2,1-2H3. The molecule has 6 nitrogen and oxygen atoms in total. The van der Waals surface area contributed by atoms with Crippen LogP contribution in [0.4, 0.5) is 4.79 Å². The predicted molar refractivity (Wildman–Crippen MR) is 91.6 cm³/mol. The lowest BCUT2D eigenvalue weighted by molar-refractivity contribution is -0.0322. The maximum absolute atomic E-state index is 11.6. The number of hydroxylamine groups is 2. The van der Waals surface area contributed by atoms with Crippen LogP contribution >= 0.6 is 0 Å². The number of nitrogens with zero attached hydrogens (tertiary/aromatic N) is 1. The average molecular weight is 349 g/mol. The van der Waals surface area contributed by atoms with E-state index in [0.29, 0.717) is 5.75 Å². The Labute approximate surface area is 143 Å². The molecule has 0 spiro atoms. The highest BCUT2D eigenvalue weighted by atomic mass is 32.2. The molecule has 0 N–H and O–H groups in total. The van der Waals surface area contributed by atoms with Crippen LogP contribution in [-0.4, -0.2) is 41.9 Å². The third kappa shape index (κ3) is 6.11. The SMILES string of the molecule is CN(CCOC(=O)Oc1ccc(-c2ccccc2)cc1)OS(C)=O. The van der Waals surface area contributed by atoms with Crippen LogP contribution in [0, 0.1) is 0 Å². The maximum Gasteiger partial charge on any atom is 0.513 e. The highest BCUT2D eigenvalue weighted by Gasteiger charge is 2.08. The number of likely N-dealkylation sites (N-methyl/N-ethyl adjacent to an activating group) is 1. The number of carbonyl (C=O) groups is 1. The van der Waals surface area contributed by atoms with E-state index >= 15 is 0 Å². The summed E-state index contributed by atoms with van der Waals surface area (Å²) in [5, 5.41) is 1.33. The van der Waals surface area contributed by atoms with Gasteiger partial charge in [0.05, 0.1) is 6.54 Å². The molecule has 0 aliphatic carbocycles. The normalized spacial score (nSPS) is 12.0. The Morgan fingerprint density at radius 2 is 1.67 bits per heavy atom. The van der Waals surface area contributed by atoms with Crippen LogP contribution < -0.4 is 4.74 Å². The number of ether oxygens (including phenoxy) is 2. The van der Waals surface area contributed by atoms with Crippen molar-refractivity contribution in [2.24, 2.45) is 0 Å². The van der Waals surface area contributed by atoms with Gasteiger partial charge in [-0.25, -0.2) is 9.00 Å². The molecule has 1 atom stereocenters. The minimum Gasteiger partial charge on any atom is -0.433 e. The number of carbonyl (C=O) groups excluding carboxylic acids is 1. The van der Waals surface area contributed by atoms with Gasteiger partial charge in [0.2, 0.25) is 0 Å². The van der Waals surface area contributed by atoms with Gasteiger partial charge in [0.25, 0.3) is 0 Å². The topological polar surface area (TPSA) is 65.1 Å². The largest absolute Gasteiger partial charge is 0.513 e. The van der Waals surface area contributed by atoms with Gasteiger partial charge in [-0.15, -0.1) is 0 Å². The van der Waals surface area contributed by atoms with Crippen molar-refractivity contribution >= 4 is 17.2 Å². The van der Waals surface area contributed by atoms with Gasteiger partial charge in [-0.2, -0.15) is 9.35 Å². The Balaban J connectivity index is 1.79. The van der Waals surface area contributed by atoms with Crippen molar-refractivity contribution in [1.82, 2.24) is 5.06 Å². The first-order valence-electron chi connectivity index (χ1n) is 7.27.